The molecule has 0 radical (unpaired) electrons. The fraction of sp³-hybridized carbons (Fsp3) is 0.350. The van der Waals surface area contributed by atoms with Crippen LogP contribution in [-0.2, 0) is 10.7 Å². The molecule has 1 aromatic heterocycles. The highest BCUT2D eigenvalue weighted by molar-refractivity contribution is 5.87. The number of aromatic nitrogens is 2. The molecular formula is C20H23F2N5O. The van der Waals surface area contributed by atoms with Crippen LogP contribution in [0.5, 0.6) is 0 Å². The third-order valence-electron chi connectivity index (χ3n) is 4.63. The number of halogens is 2. The van der Waals surface area contributed by atoms with Crippen LogP contribution in [0.2, 0.25) is 0 Å². The van der Waals surface area contributed by atoms with Crippen LogP contribution in [0.25, 0.3) is 0 Å². The number of hydrogen-bond donors (Lipinski definition) is 1. The van der Waals surface area contributed by atoms with Crippen LogP contribution in [0.3, 0.4) is 0 Å². The van der Waals surface area contributed by atoms with Gasteiger partial charge in [-0.1, -0.05) is 18.7 Å². The second kappa shape index (κ2) is 7.92. The zero-order valence-corrected chi connectivity index (χ0v) is 16.0. The summed E-state index contributed by atoms with van der Waals surface area (Å²) in [5.74, 6) is -1.60. The molecule has 0 aliphatic carbocycles. The lowest BCUT2D eigenvalue weighted by Gasteiger charge is -2.35. The highest BCUT2D eigenvalue weighted by Gasteiger charge is 2.24. The molecule has 1 fully saturated rings. The van der Waals surface area contributed by atoms with Crippen LogP contribution in [-0.4, -0.2) is 47.0 Å². The van der Waals surface area contributed by atoms with Crippen molar-refractivity contribution in [2.45, 2.75) is 19.8 Å². The van der Waals surface area contributed by atoms with E-state index in [1.54, 1.807) is 23.2 Å². The zero-order chi connectivity index (χ0) is 20.3. The molecule has 28 heavy (non-hydrogen) atoms. The Hall–Kier alpha value is -3.03. The van der Waals surface area contributed by atoms with Crippen molar-refractivity contribution in [2.24, 2.45) is 0 Å². The van der Waals surface area contributed by atoms with Crippen molar-refractivity contribution < 1.29 is 13.6 Å². The number of piperazine rings is 1. The van der Waals surface area contributed by atoms with Gasteiger partial charge in [-0.15, -0.1) is 0 Å². The van der Waals surface area contributed by atoms with Gasteiger partial charge in [-0.2, -0.15) is 0 Å². The van der Waals surface area contributed by atoms with Gasteiger partial charge in [0.15, 0.2) is 5.82 Å². The van der Waals surface area contributed by atoms with E-state index in [0.29, 0.717) is 43.4 Å². The maximum atomic E-state index is 13.4. The first-order chi connectivity index (χ1) is 13.3. The summed E-state index contributed by atoms with van der Waals surface area (Å²) in [7, 11) is 0. The van der Waals surface area contributed by atoms with E-state index in [-0.39, 0.29) is 11.5 Å². The fourth-order valence-electron chi connectivity index (χ4n) is 3.06. The Kier molecular flexibility index (Phi) is 5.58. The van der Waals surface area contributed by atoms with Gasteiger partial charge in [0, 0.05) is 44.4 Å². The molecule has 1 aliphatic heterocycles. The van der Waals surface area contributed by atoms with Crippen molar-refractivity contribution in [1.29, 1.82) is 0 Å². The molecule has 0 saturated carbocycles. The molecule has 6 nitrogen and oxygen atoms in total. The average molecular weight is 387 g/mol. The lowest BCUT2D eigenvalue weighted by atomic mass is 10.1. The minimum atomic E-state index is -2.88. The Balaban J connectivity index is 1.78. The molecule has 0 bridgehead atoms. The van der Waals surface area contributed by atoms with E-state index in [4.69, 9.17) is 0 Å². The van der Waals surface area contributed by atoms with Gasteiger partial charge in [-0.3, -0.25) is 4.79 Å². The quantitative estimate of drug-likeness (QED) is 0.796. The average Bonchev–Trinajstić information content (AvgIpc) is 2.68. The smallest absolute Gasteiger partial charge is 0.270 e. The number of nitrogens with zero attached hydrogens (tertiary/aromatic N) is 4. The van der Waals surface area contributed by atoms with Crippen LogP contribution in [0.15, 0.2) is 43.1 Å². The van der Waals surface area contributed by atoms with Gasteiger partial charge in [0.25, 0.3) is 5.92 Å². The van der Waals surface area contributed by atoms with E-state index < -0.39 is 5.92 Å². The number of carbonyl (C=O) groups excluding carboxylic acids is 1. The lowest BCUT2D eigenvalue weighted by molar-refractivity contribution is -0.126. The first kappa shape index (κ1) is 19.7. The van der Waals surface area contributed by atoms with Crippen LogP contribution < -0.4 is 10.2 Å². The van der Waals surface area contributed by atoms with Gasteiger partial charge >= 0.3 is 0 Å². The highest BCUT2D eigenvalue weighted by Crippen LogP contribution is 2.30. The number of rotatable bonds is 5. The summed E-state index contributed by atoms with van der Waals surface area (Å²) in [5.41, 5.74) is 1.31. The number of anilines is 3. The van der Waals surface area contributed by atoms with Crippen LogP contribution in [0, 0.1) is 6.92 Å². The van der Waals surface area contributed by atoms with Crippen molar-refractivity contribution in [3.05, 3.63) is 54.5 Å². The predicted octanol–water partition coefficient (Wildman–Crippen LogP) is 3.47. The third-order valence-corrected chi connectivity index (χ3v) is 4.63. The van der Waals surface area contributed by atoms with E-state index in [1.807, 2.05) is 6.92 Å². The van der Waals surface area contributed by atoms with Gasteiger partial charge in [0.05, 0.1) is 6.20 Å². The maximum Gasteiger partial charge on any atom is 0.270 e. The van der Waals surface area contributed by atoms with Crippen molar-refractivity contribution in [1.82, 2.24) is 14.9 Å². The highest BCUT2D eigenvalue weighted by atomic mass is 19.3. The van der Waals surface area contributed by atoms with Gasteiger partial charge in [0.2, 0.25) is 5.91 Å². The van der Waals surface area contributed by atoms with E-state index in [1.165, 1.54) is 18.2 Å². The topological polar surface area (TPSA) is 61.4 Å². The Morgan fingerprint density at radius 1 is 1.21 bits per heavy atom. The van der Waals surface area contributed by atoms with E-state index in [9.17, 15) is 13.6 Å². The van der Waals surface area contributed by atoms with Gasteiger partial charge in [-0.05, 0) is 25.1 Å². The molecule has 0 atom stereocenters. The first-order valence-electron chi connectivity index (χ1n) is 9.03. The number of nitrogens with one attached hydrogen (secondary N) is 1. The Morgan fingerprint density at radius 3 is 2.43 bits per heavy atom. The van der Waals surface area contributed by atoms with Crippen molar-refractivity contribution in [3.8, 4) is 0 Å². The summed E-state index contributed by atoms with van der Waals surface area (Å²) >= 11 is 0. The minimum absolute atomic E-state index is 0.0403. The molecule has 1 amide bonds. The van der Waals surface area contributed by atoms with Crippen LogP contribution in [0.1, 0.15) is 18.3 Å². The maximum absolute atomic E-state index is 13.4. The Labute approximate surface area is 162 Å². The van der Waals surface area contributed by atoms with Crippen molar-refractivity contribution >= 4 is 23.1 Å². The summed E-state index contributed by atoms with van der Waals surface area (Å²) in [4.78, 5) is 24.4. The van der Waals surface area contributed by atoms with E-state index in [2.05, 4.69) is 26.8 Å². The molecule has 0 unspecified atom stereocenters. The number of carbonyl (C=O) groups is 1. The monoisotopic (exact) mass is 387 g/mol. The van der Waals surface area contributed by atoms with Crippen LogP contribution in [0.4, 0.5) is 26.0 Å². The molecule has 1 aliphatic rings. The molecule has 8 heteroatoms. The minimum Gasteiger partial charge on any atom is -0.351 e. The van der Waals surface area contributed by atoms with Crippen molar-refractivity contribution in [3.63, 3.8) is 0 Å². The van der Waals surface area contributed by atoms with E-state index >= 15 is 0 Å². The Morgan fingerprint density at radius 2 is 1.86 bits per heavy atom. The molecule has 3 rings (SSSR count). The standard InChI is InChI=1S/C20H23F2N5O/c1-4-18(28)26-9-11-27(12-10-26)19-17(13-23-14(2)24-19)25-16-7-5-15(6-8-16)20(3,21)22/h4-8,13,25H,1,9-12H2,2-3H3. The summed E-state index contributed by atoms with van der Waals surface area (Å²) in [6.45, 7) is 8.62. The summed E-state index contributed by atoms with van der Waals surface area (Å²) in [6, 6.07) is 6.02. The largest absolute Gasteiger partial charge is 0.351 e. The number of hydrogen-bond acceptors (Lipinski definition) is 5. The predicted molar refractivity (Wildman–Crippen MR) is 105 cm³/mol. The van der Waals surface area contributed by atoms with E-state index in [0.717, 1.165) is 12.7 Å². The second-order valence-corrected chi connectivity index (χ2v) is 6.76. The Bertz CT molecular complexity index is 856. The summed E-state index contributed by atoms with van der Waals surface area (Å²) < 4.78 is 26.8. The number of benzene rings is 1. The van der Waals surface area contributed by atoms with Crippen LogP contribution >= 0.6 is 0 Å². The molecule has 2 aromatic rings. The summed E-state index contributed by atoms with van der Waals surface area (Å²) in [5, 5.41) is 3.21. The zero-order valence-electron chi connectivity index (χ0n) is 16.0. The molecule has 148 valence electrons. The first-order valence-corrected chi connectivity index (χ1v) is 9.03. The molecule has 1 saturated heterocycles. The molecular weight excluding hydrogens is 364 g/mol. The molecule has 1 aromatic carbocycles. The molecule has 1 N–H and O–H groups in total. The number of amides is 1. The number of aryl methyl sites for hydroxylation is 1. The van der Waals surface area contributed by atoms with Crippen molar-refractivity contribution in [2.75, 3.05) is 36.4 Å². The second-order valence-electron chi connectivity index (χ2n) is 6.76. The lowest BCUT2D eigenvalue weighted by Crippen LogP contribution is -2.48. The SMILES string of the molecule is C=CC(=O)N1CCN(c2nc(C)ncc2Nc2ccc(C(C)(F)F)cc2)CC1. The fourth-order valence-corrected chi connectivity index (χ4v) is 3.06. The van der Waals surface area contributed by atoms with Gasteiger partial charge in [-0.25, -0.2) is 18.7 Å². The normalized spacial score (nSPS) is 14.7. The molecule has 2 heterocycles. The van der Waals surface area contributed by atoms with Gasteiger partial charge < -0.3 is 15.1 Å². The summed E-state index contributed by atoms with van der Waals surface area (Å²) in [6.07, 6.45) is 3.00. The molecule has 0 spiro atoms. The third kappa shape index (κ3) is 4.44. The number of alkyl halides is 2. The van der Waals surface area contributed by atoms with Gasteiger partial charge in [0.1, 0.15) is 11.5 Å².